The standard InChI is InChI=1S/C43H46BN2Si/c1-33(2)28-35-16-14-24-40(30-35)47(39-22-12-7-13-23-39,41-25-15-17-36(31-41)29-34(3)4)32-46-27-26-45-43(46)44-42(37-18-8-5-9-19-37)38-20-10-6-11-21-38/h5-27,30-31,33-34,42H,28-29,32H2,1-4H3. The summed E-state index contributed by atoms with van der Waals surface area (Å²) in [5, 5.41) is 4.32. The van der Waals surface area contributed by atoms with Crippen LogP contribution in [0.15, 0.2) is 152 Å². The molecule has 6 aromatic rings. The molecule has 1 radical (unpaired) electrons. The number of aromatic nitrogens is 2. The van der Waals surface area contributed by atoms with Crippen molar-refractivity contribution in [1.29, 1.82) is 0 Å². The van der Waals surface area contributed by atoms with Gasteiger partial charge in [-0.05, 0) is 68.3 Å². The lowest BCUT2D eigenvalue weighted by molar-refractivity contribution is 0.647. The molecule has 0 saturated heterocycles. The minimum atomic E-state index is -2.63. The van der Waals surface area contributed by atoms with E-state index in [2.05, 4.69) is 185 Å². The van der Waals surface area contributed by atoms with Gasteiger partial charge in [-0.1, -0.05) is 167 Å². The minimum Gasteiger partial charge on any atom is -0.345 e. The summed E-state index contributed by atoms with van der Waals surface area (Å²) in [6, 6.07) is 52.0. The van der Waals surface area contributed by atoms with Crippen LogP contribution in [0, 0.1) is 11.8 Å². The van der Waals surface area contributed by atoms with Crippen LogP contribution in [0.1, 0.15) is 55.8 Å². The van der Waals surface area contributed by atoms with E-state index in [1.54, 1.807) is 0 Å². The zero-order chi connectivity index (χ0) is 32.6. The summed E-state index contributed by atoms with van der Waals surface area (Å²) in [5.41, 5.74) is 6.36. The van der Waals surface area contributed by atoms with Gasteiger partial charge in [-0.2, -0.15) is 0 Å². The van der Waals surface area contributed by atoms with Crippen molar-refractivity contribution >= 4 is 36.6 Å². The number of imidazole rings is 1. The van der Waals surface area contributed by atoms with Gasteiger partial charge in [-0.3, -0.25) is 4.98 Å². The van der Waals surface area contributed by atoms with Crippen molar-refractivity contribution in [2.24, 2.45) is 11.8 Å². The van der Waals surface area contributed by atoms with Gasteiger partial charge < -0.3 is 4.57 Å². The van der Waals surface area contributed by atoms with Crippen LogP contribution < -0.4 is 21.3 Å². The molecule has 0 N–H and O–H groups in total. The summed E-state index contributed by atoms with van der Waals surface area (Å²) in [4.78, 5) is 5.02. The van der Waals surface area contributed by atoms with Crippen LogP contribution in [0.25, 0.3) is 0 Å². The smallest absolute Gasteiger partial charge is 0.215 e. The molecule has 1 aromatic heterocycles. The van der Waals surface area contributed by atoms with E-state index in [4.69, 9.17) is 4.98 Å². The van der Waals surface area contributed by atoms with Gasteiger partial charge in [-0.25, -0.2) is 0 Å². The highest BCUT2D eigenvalue weighted by Gasteiger charge is 2.41. The molecule has 6 rings (SSSR count). The van der Waals surface area contributed by atoms with Crippen molar-refractivity contribution in [3.8, 4) is 0 Å². The Balaban J connectivity index is 1.52. The first kappa shape index (κ1) is 32.5. The Labute approximate surface area is 283 Å². The van der Waals surface area contributed by atoms with Crippen LogP contribution in [0.4, 0.5) is 0 Å². The van der Waals surface area contributed by atoms with E-state index in [1.165, 1.54) is 37.8 Å². The fourth-order valence-corrected chi connectivity index (χ4v) is 11.8. The molecule has 0 spiro atoms. The van der Waals surface area contributed by atoms with Crippen molar-refractivity contribution in [1.82, 2.24) is 9.55 Å². The van der Waals surface area contributed by atoms with E-state index >= 15 is 0 Å². The second kappa shape index (κ2) is 15.0. The van der Waals surface area contributed by atoms with Gasteiger partial charge >= 0.3 is 0 Å². The van der Waals surface area contributed by atoms with Crippen molar-refractivity contribution in [2.75, 3.05) is 0 Å². The van der Waals surface area contributed by atoms with Gasteiger partial charge in [0.25, 0.3) is 0 Å². The maximum absolute atomic E-state index is 5.02. The minimum absolute atomic E-state index is 0.0927. The average Bonchev–Trinajstić information content (AvgIpc) is 3.53. The largest absolute Gasteiger partial charge is 0.345 e. The molecule has 4 heteroatoms. The predicted octanol–water partition coefficient (Wildman–Crippen LogP) is 7.11. The van der Waals surface area contributed by atoms with Crippen molar-refractivity contribution in [3.63, 3.8) is 0 Å². The number of hydrogen-bond acceptors (Lipinski definition) is 1. The Bertz CT molecular complexity index is 1750. The van der Waals surface area contributed by atoms with Gasteiger partial charge in [0.05, 0.1) is 5.72 Å². The number of hydrogen-bond donors (Lipinski definition) is 0. The third-order valence-corrected chi connectivity index (χ3v) is 13.9. The molecule has 0 fully saturated rings. The van der Waals surface area contributed by atoms with E-state index < -0.39 is 8.07 Å². The Morgan fingerprint density at radius 3 is 1.53 bits per heavy atom. The predicted molar refractivity (Wildman–Crippen MR) is 203 cm³/mol. The fourth-order valence-electron chi connectivity index (χ4n) is 7.09. The summed E-state index contributed by atoms with van der Waals surface area (Å²) in [6.45, 7) is 9.25. The molecule has 2 nitrogen and oxygen atoms in total. The van der Waals surface area contributed by atoms with Crippen molar-refractivity contribution in [2.45, 2.75) is 52.5 Å². The quantitative estimate of drug-likeness (QED) is 0.0984. The first-order chi connectivity index (χ1) is 22.9. The van der Waals surface area contributed by atoms with Crippen LogP contribution in [0.5, 0.6) is 0 Å². The van der Waals surface area contributed by atoms with Crippen LogP contribution in [-0.2, 0) is 19.0 Å². The zero-order valence-corrected chi connectivity index (χ0v) is 29.3. The fraction of sp³-hybridized carbons (Fsp3) is 0.233. The summed E-state index contributed by atoms with van der Waals surface area (Å²) < 4.78 is 2.43. The van der Waals surface area contributed by atoms with E-state index in [0.29, 0.717) is 11.8 Å². The summed E-state index contributed by atoms with van der Waals surface area (Å²) in [5.74, 6) is 1.28. The molecule has 0 aliphatic rings. The van der Waals surface area contributed by atoms with Crippen molar-refractivity contribution in [3.05, 3.63) is 174 Å². The second-order valence-corrected chi connectivity index (χ2v) is 17.6. The normalized spacial score (nSPS) is 11.8. The summed E-state index contributed by atoms with van der Waals surface area (Å²) >= 11 is 0. The Hall–Kier alpha value is -4.41. The van der Waals surface area contributed by atoms with Gasteiger partial charge in [0.1, 0.15) is 0 Å². The summed E-state index contributed by atoms with van der Waals surface area (Å²) in [7, 11) is -0.271. The molecule has 235 valence electrons. The lowest BCUT2D eigenvalue weighted by atomic mass is 9.58. The molecular formula is C43H46BN2Si. The molecule has 0 unspecified atom stereocenters. The Kier molecular flexibility index (Phi) is 10.4. The van der Waals surface area contributed by atoms with E-state index in [0.717, 1.165) is 24.7 Å². The van der Waals surface area contributed by atoms with Crippen LogP contribution in [0.2, 0.25) is 0 Å². The van der Waals surface area contributed by atoms with Crippen LogP contribution in [-0.4, -0.2) is 24.9 Å². The zero-order valence-electron chi connectivity index (χ0n) is 28.3. The molecule has 0 aliphatic heterocycles. The van der Waals surface area contributed by atoms with Crippen LogP contribution in [0.3, 0.4) is 0 Å². The first-order valence-electron chi connectivity index (χ1n) is 17.1. The third kappa shape index (κ3) is 7.60. The van der Waals surface area contributed by atoms with Gasteiger partial charge in [0, 0.05) is 18.6 Å². The van der Waals surface area contributed by atoms with Crippen LogP contribution >= 0.6 is 0 Å². The molecule has 5 aromatic carbocycles. The van der Waals surface area contributed by atoms with Crippen molar-refractivity contribution < 1.29 is 0 Å². The number of benzene rings is 5. The summed E-state index contributed by atoms with van der Waals surface area (Å²) in [6.07, 6.45) is 7.17. The maximum atomic E-state index is 5.02. The SMILES string of the molecule is CC(C)Cc1cccc([Si](Cn2ccnc2[B]C(c2ccccc2)c2ccccc2)(c2ccccc2)c2cccc(CC(C)C)c2)c1. The number of rotatable bonds is 13. The molecule has 0 amide bonds. The highest BCUT2D eigenvalue weighted by molar-refractivity contribution is 7.10. The van der Waals surface area contributed by atoms with E-state index in [1.807, 2.05) is 6.20 Å². The first-order valence-corrected chi connectivity index (χ1v) is 19.3. The molecule has 1 heterocycles. The lowest BCUT2D eigenvalue weighted by Crippen LogP contribution is -2.70. The molecule has 0 atom stereocenters. The second-order valence-electron chi connectivity index (χ2n) is 13.7. The topological polar surface area (TPSA) is 17.8 Å². The highest BCUT2D eigenvalue weighted by atomic mass is 28.3. The van der Waals surface area contributed by atoms with E-state index in [-0.39, 0.29) is 5.82 Å². The van der Waals surface area contributed by atoms with E-state index in [9.17, 15) is 0 Å². The Morgan fingerprint density at radius 1 is 0.574 bits per heavy atom. The number of nitrogens with zero attached hydrogens (tertiary/aromatic N) is 2. The monoisotopic (exact) mass is 629 g/mol. The maximum Gasteiger partial charge on any atom is 0.215 e. The third-order valence-electron chi connectivity index (χ3n) is 9.18. The average molecular weight is 630 g/mol. The van der Waals surface area contributed by atoms with Gasteiger partial charge in [0.15, 0.2) is 8.07 Å². The Morgan fingerprint density at radius 2 is 1.04 bits per heavy atom. The lowest BCUT2D eigenvalue weighted by Gasteiger charge is -2.35. The van der Waals surface area contributed by atoms with Gasteiger partial charge in [0.2, 0.25) is 7.28 Å². The highest BCUT2D eigenvalue weighted by Crippen LogP contribution is 2.23. The van der Waals surface area contributed by atoms with Gasteiger partial charge in [-0.15, -0.1) is 0 Å². The molecular weight excluding hydrogens is 583 g/mol. The molecule has 0 aliphatic carbocycles. The molecule has 0 bridgehead atoms. The molecule has 47 heavy (non-hydrogen) atoms. The molecule has 0 saturated carbocycles.